The summed E-state index contributed by atoms with van der Waals surface area (Å²) in [5.74, 6) is 0. The molecule has 0 amide bonds. The summed E-state index contributed by atoms with van der Waals surface area (Å²) in [7, 11) is 1.68. The van der Waals surface area contributed by atoms with Crippen molar-refractivity contribution in [2.45, 2.75) is 12.6 Å². The molecule has 0 aromatic carbocycles. The molecule has 0 radical (unpaired) electrons. The summed E-state index contributed by atoms with van der Waals surface area (Å²) >= 11 is 0. The molecule has 78 valence electrons. The zero-order chi connectivity index (χ0) is 10.6. The second kappa shape index (κ2) is 4.73. The number of nitrogens with one attached hydrogen (secondary N) is 1. The van der Waals surface area contributed by atoms with E-state index in [2.05, 4.69) is 10.4 Å². The number of hydrogen-bond donors (Lipinski definition) is 3. The van der Waals surface area contributed by atoms with E-state index < -0.39 is 6.10 Å². The Morgan fingerprint density at radius 3 is 2.93 bits per heavy atom. The van der Waals surface area contributed by atoms with Gasteiger partial charge in [-0.3, -0.25) is 4.79 Å². The smallest absolute Gasteiger partial charge is 0.268 e. The van der Waals surface area contributed by atoms with E-state index in [1.165, 1.54) is 12.3 Å². The first kappa shape index (κ1) is 10.7. The summed E-state index contributed by atoms with van der Waals surface area (Å²) in [5.41, 5.74) is 0.300. The van der Waals surface area contributed by atoms with E-state index in [-0.39, 0.29) is 18.7 Å². The zero-order valence-electron chi connectivity index (χ0n) is 7.84. The van der Waals surface area contributed by atoms with E-state index >= 15 is 0 Å². The van der Waals surface area contributed by atoms with Crippen LogP contribution in [0.4, 0.5) is 5.69 Å². The average molecular weight is 199 g/mol. The summed E-state index contributed by atoms with van der Waals surface area (Å²) in [6.45, 7) is -0.388. The van der Waals surface area contributed by atoms with Crippen LogP contribution >= 0.6 is 0 Å². The standard InChI is InChI=1S/C8H13N3O3/c1-9-6-2-8(14)11(10-3-6)4-7(13)5-12/h2-3,7,9,12-13H,4-5H2,1H3. The highest BCUT2D eigenvalue weighted by molar-refractivity contribution is 5.37. The predicted octanol–water partition coefficient (Wildman–Crippen LogP) is -1.36. The second-order valence-electron chi connectivity index (χ2n) is 2.85. The van der Waals surface area contributed by atoms with Crippen LogP contribution in [-0.4, -0.2) is 39.8 Å². The maximum absolute atomic E-state index is 11.3. The molecule has 0 aliphatic carbocycles. The van der Waals surface area contributed by atoms with Crippen LogP contribution in [0.1, 0.15) is 0 Å². The SMILES string of the molecule is CNc1cnn(CC(O)CO)c(=O)c1. The molecule has 1 unspecified atom stereocenters. The van der Waals surface area contributed by atoms with Gasteiger partial charge >= 0.3 is 0 Å². The van der Waals surface area contributed by atoms with E-state index in [1.54, 1.807) is 7.05 Å². The molecule has 1 atom stereocenters. The van der Waals surface area contributed by atoms with Gasteiger partial charge in [0.2, 0.25) is 0 Å². The third-order valence-corrected chi connectivity index (χ3v) is 1.75. The van der Waals surface area contributed by atoms with Crippen molar-refractivity contribution >= 4 is 5.69 Å². The number of hydrogen-bond acceptors (Lipinski definition) is 5. The Bertz CT molecular complexity index is 350. The highest BCUT2D eigenvalue weighted by atomic mass is 16.3. The zero-order valence-corrected chi connectivity index (χ0v) is 7.84. The summed E-state index contributed by atoms with van der Waals surface area (Å²) in [4.78, 5) is 11.3. The van der Waals surface area contributed by atoms with Crippen LogP contribution < -0.4 is 10.9 Å². The maximum atomic E-state index is 11.3. The number of rotatable bonds is 4. The van der Waals surface area contributed by atoms with Gasteiger partial charge in [0.05, 0.1) is 31.1 Å². The maximum Gasteiger partial charge on any atom is 0.268 e. The molecule has 6 nitrogen and oxygen atoms in total. The lowest BCUT2D eigenvalue weighted by molar-refractivity contribution is 0.0770. The Morgan fingerprint density at radius 1 is 1.71 bits per heavy atom. The molecule has 1 rings (SSSR count). The molecule has 1 aromatic heterocycles. The van der Waals surface area contributed by atoms with Crippen molar-refractivity contribution in [3.8, 4) is 0 Å². The van der Waals surface area contributed by atoms with Crippen molar-refractivity contribution in [3.63, 3.8) is 0 Å². The number of anilines is 1. The van der Waals surface area contributed by atoms with Gasteiger partial charge < -0.3 is 15.5 Å². The number of nitrogens with zero attached hydrogens (tertiary/aromatic N) is 2. The minimum Gasteiger partial charge on any atom is -0.394 e. The first-order valence-electron chi connectivity index (χ1n) is 4.21. The van der Waals surface area contributed by atoms with Gasteiger partial charge in [-0.1, -0.05) is 0 Å². The van der Waals surface area contributed by atoms with Gasteiger partial charge in [-0.25, -0.2) is 4.68 Å². The summed E-state index contributed by atoms with van der Waals surface area (Å²) in [6.07, 6.45) is 0.520. The lowest BCUT2D eigenvalue weighted by Crippen LogP contribution is -2.30. The van der Waals surface area contributed by atoms with Crippen molar-refractivity contribution in [2.24, 2.45) is 0 Å². The fourth-order valence-corrected chi connectivity index (χ4v) is 0.965. The van der Waals surface area contributed by atoms with Gasteiger partial charge in [-0.05, 0) is 0 Å². The van der Waals surface area contributed by atoms with Crippen LogP contribution in [0.5, 0.6) is 0 Å². The average Bonchev–Trinajstić information content (AvgIpc) is 2.20. The molecule has 0 aliphatic rings. The lowest BCUT2D eigenvalue weighted by atomic mass is 10.4. The monoisotopic (exact) mass is 199 g/mol. The van der Waals surface area contributed by atoms with E-state index in [9.17, 15) is 4.79 Å². The highest BCUT2D eigenvalue weighted by Gasteiger charge is 2.05. The molecule has 0 bridgehead atoms. The largest absolute Gasteiger partial charge is 0.394 e. The molecule has 14 heavy (non-hydrogen) atoms. The Hall–Kier alpha value is -1.40. The Labute approximate surface area is 80.8 Å². The van der Waals surface area contributed by atoms with E-state index in [4.69, 9.17) is 10.2 Å². The van der Waals surface area contributed by atoms with Crippen LogP contribution in [0, 0.1) is 0 Å². The Kier molecular flexibility index (Phi) is 3.61. The minimum atomic E-state index is -0.958. The van der Waals surface area contributed by atoms with Gasteiger partial charge in [0, 0.05) is 13.1 Å². The van der Waals surface area contributed by atoms with Gasteiger partial charge in [0.25, 0.3) is 5.56 Å². The summed E-state index contributed by atoms with van der Waals surface area (Å²) in [6, 6.07) is 1.37. The summed E-state index contributed by atoms with van der Waals surface area (Å²) < 4.78 is 1.10. The van der Waals surface area contributed by atoms with Crippen LogP contribution in [-0.2, 0) is 6.54 Å². The fourth-order valence-electron chi connectivity index (χ4n) is 0.965. The van der Waals surface area contributed by atoms with Crippen LogP contribution in [0.25, 0.3) is 0 Å². The van der Waals surface area contributed by atoms with Crippen molar-refractivity contribution in [2.75, 3.05) is 19.0 Å². The molecule has 1 heterocycles. The lowest BCUT2D eigenvalue weighted by Gasteiger charge is -2.08. The molecule has 0 saturated carbocycles. The van der Waals surface area contributed by atoms with Crippen LogP contribution in [0.3, 0.4) is 0 Å². The van der Waals surface area contributed by atoms with Crippen LogP contribution in [0.2, 0.25) is 0 Å². The third kappa shape index (κ3) is 2.54. The highest BCUT2D eigenvalue weighted by Crippen LogP contribution is 1.97. The molecule has 0 spiro atoms. The second-order valence-corrected chi connectivity index (χ2v) is 2.85. The third-order valence-electron chi connectivity index (χ3n) is 1.75. The minimum absolute atomic E-state index is 0.000667. The quantitative estimate of drug-likeness (QED) is 0.557. The van der Waals surface area contributed by atoms with E-state index in [0.717, 1.165) is 4.68 Å². The van der Waals surface area contributed by atoms with Crippen molar-refractivity contribution < 1.29 is 10.2 Å². The predicted molar refractivity (Wildman–Crippen MR) is 51.1 cm³/mol. The fraction of sp³-hybridized carbons (Fsp3) is 0.500. The molecule has 0 aliphatic heterocycles. The molecule has 6 heteroatoms. The van der Waals surface area contributed by atoms with Gasteiger partial charge in [0.1, 0.15) is 0 Å². The van der Waals surface area contributed by atoms with E-state index in [0.29, 0.717) is 5.69 Å². The van der Waals surface area contributed by atoms with Gasteiger partial charge in [-0.15, -0.1) is 0 Å². The first-order valence-corrected chi connectivity index (χ1v) is 4.21. The molecule has 3 N–H and O–H groups in total. The van der Waals surface area contributed by atoms with Crippen molar-refractivity contribution in [1.82, 2.24) is 9.78 Å². The molecular weight excluding hydrogens is 186 g/mol. The van der Waals surface area contributed by atoms with Crippen molar-refractivity contribution in [1.29, 1.82) is 0 Å². The Balaban J connectivity index is 2.84. The Morgan fingerprint density at radius 2 is 2.43 bits per heavy atom. The summed E-state index contributed by atoms with van der Waals surface area (Å²) in [5, 5.41) is 24.3. The number of aliphatic hydroxyl groups excluding tert-OH is 2. The van der Waals surface area contributed by atoms with Gasteiger partial charge in [0.15, 0.2) is 0 Å². The topological polar surface area (TPSA) is 87.4 Å². The number of aliphatic hydroxyl groups is 2. The molecule has 0 fully saturated rings. The van der Waals surface area contributed by atoms with Crippen LogP contribution in [0.15, 0.2) is 17.1 Å². The molecule has 1 aromatic rings. The first-order chi connectivity index (χ1) is 6.67. The number of aromatic nitrogens is 2. The molecular formula is C8H13N3O3. The van der Waals surface area contributed by atoms with Gasteiger partial charge in [-0.2, -0.15) is 5.10 Å². The normalized spacial score (nSPS) is 12.5. The van der Waals surface area contributed by atoms with Crippen molar-refractivity contribution in [3.05, 3.63) is 22.6 Å². The van der Waals surface area contributed by atoms with E-state index in [1.807, 2.05) is 0 Å². The molecule has 0 saturated heterocycles.